The molecule has 2 rings (SSSR count). The summed E-state index contributed by atoms with van der Waals surface area (Å²) in [6.07, 6.45) is 2.23. The quantitative estimate of drug-likeness (QED) is 0.513. The van der Waals surface area contributed by atoms with Gasteiger partial charge in [-0.2, -0.15) is 11.8 Å². The molecule has 0 spiro atoms. The van der Waals surface area contributed by atoms with Crippen LogP contribution in [0.2, 0.25) is 0 Å². The zero-order valence-corrected chi connectivity index (χ0v) is 19.1. The largest absolute Gasteiger partial charge is 0.486 e. The zero-order valence-electron chi connectivity index (χ0n) is 17.5. The lowest BCUT2D eigenvalue weighted by Gasteiger charge is -2.26. The average Bonchev–Trinajstić information content (AvgIpc) is 2.74. The van der Waals surface area contributed by atoms with Gasteiger partial charge in [-0.15, -0.1) is 0 Å². The minimum absolute atomic E-state index is 0.118. The number of benzene rings is 1. The van der Waals surface area contributed by atoms with Crippen molar-refractivity contribution in [2.75, 3.05) is 49.4 Å². The molecule has 1 aliphatic heterocycles. The number of carbonyl (C=O) groups is 2. The Morgan fingerprint density at radius 1 is 1.20 bits per heavy atom. The van der Waals surface area contributed by atoms with E-state index in [1.54, 1.807) is 25.1 Å². The zero-order chi connectivity index (χ0) is 22.1. The standard InChI is InChI=1S/C19H29N3O6S2/c1-4-22(19(24)15(8-11-29-3)21-30(25,26)5-2)13-18(23)20-14-6-7-16-17(12-14)28-10-9-27-16/h6-7,12,15,21H,4-5,8-11,13H2,1-3H3,(H,20,23). The van der Waals surface area contributed by atoms with E-state index in [9.17, 15) is 18.0 Å². The van der Waals surface area contributed by atoms with E-state index in [0.29, 0.717) is 42.6 Å². The van der Waals surface area contributed by atoms with Gasteiger partial charge in [0.15, 0.2) is 11.5 Å². The molecule has 30 heavy (non-hydrogen) atoms. The van der Waals surface area contributed by atoms with Gasteiger partial charge in [0.1, 0.15) is 19.3 Å². The van der Waals surface area contributed by atoms with Gasteiger partial charge in [0, 0.05) is 18.3 Å². The molecule has 1 aromatic rings. The third-order valence-corrected chi connectivity index (χ3v) is 6.51. The van der Waals surface area contributed by atoms with Crippen LogP contribution in [0.1, 0.15) is 20.3 Å². The van der Waals surface area contributed by atoms with Crippen LogP contribution in [-0.4, -0.2) is 75.2 Å². The van der Waals surface area contributed by atoms with Crippen LogP contribution < -0.4 is 19.5 Å². The highest BCUT2D eigenvalue weighted by atomic mass is 32.2. The number of likely N-dealkylation sites (N-methyl/N-ethyl adjacent to an activating group) is 1. The fourth-order valence-electron chi connectivity index (χ4n) is 2.83. The molecule has 1 atom stereocenters. The van der Waals surface area contributed by atoms with Crippen molar-refractivity contribution in [3.05, 3.63) is 18.2 Å². The molecule has 11 heteroatoms. The van der Waals surface area contributed by atoms with Crippen molar-refractivity contribution >= 4 is 39.3 Å². The molecule has 1 heterocycles. The summed E-state index contributed by atoms with van der Waals surface area (Å²) in [6, 6.07) is 4.18. The van der Waals surface area contributed by atoms with Crippen molar-refractivity contribution in [2.24, 2.45) is 0 Å². The van der Waals surface area contributed by atoms with E-state index in [-0.39, 0.29) is 24.7 Å². The summed E-state index contributed by atoms with van der Waals surface area (Å²) in [4.78, 5) is 26.8. The number of nitrogens with zero attached hydrogens (tertiary/aromatic N) is 1. The molecule has 1 unspecified atom stereocenters. The lowest BCUT2D eigenvalue weighted by molar-refractivity contribution is -0.136. The second-order valence-electron chi connectivity index (χ2n) is 6.61. The lowest BCUT2D eigenvalue weighted by atomic mass is 10.2. The average molecular weight is 460 g/mol. The van der Waals surface area contributed by atoms with Crippen LogP contribution in [0.15, 0.2) is 18.2 Å². The number of thioether (sulfide) groups is 1. The molecule has 1 aromatic carbocycles. The molecule has 1 aliphatic rings. The number of ether oxygens (including phenoxy) is 2. The Morgan fingerprint density at radius 2 is 1.90 bits per heavy atom. The fraction of sp³-hybridized carbons (Fsp3) is 0.579. The predicted octanol–water partition coefficient (Wildman–Crippen LogP) is 1.31. The molecule has 0 aromatic heterocycles. The van der Waals surface area contributed by atoms with Crippen molar-refractivity contribution in [1.82, 2.24) is 9.62 Å². The van der Waals surface area contributed by atoms with Gasteiger partial charge in [0.25, 0.3) is 0 Å². The van der Waals surface area contributed by atoms with Gasteiger partial charge in [0.05, 0.1) is 12.3 Å². The SMILES string of the molecule is CCN(CC(=O)Nc1ccc2c(c1)OCCO2)C(=O)C(CCSC)NS(=O)(=O)CC. The van der Waals surface area contributed by atoms with E-state index in [1.165, 1.54) is 23.6 Å². The third kappa shape index (κ3) is 7.06. The number of fused-ring (bicyclic) bond motifs is 1. The molecular weight excluding hydrogens is 430 g/mol. The van der Waals surface area contributed by atoms with Crippen LogP contribution >= 0.6 is 11.8 Å². The lowest BCUT2D eigenvalue weighted by Crippen LogP contribution is -2.50. The summed E-state index contributed by atoms with van der Waals surface area (Å²) in [5, 5.41) is 2.74. The first-order valence-electron chi connectivity index (χ1n) is 9.76. The van der Waals surface area contributed by atoms with E-state index >= 15 is 0 Å². The van der Waals surface area contributed by atoms with E-state index in [1.807, 2.05) is 6.26 Å². The maximum atomic E-state index is 12.9. The summed E-state index contributed by atoms with van der Waals surface area (Å²) in [5.41, 5.74) is 0.526. The molecule has 0 fully saturated rings. The first kappa shape index (κ1) is 24.3. The van der Waals surface area contributed by atoms with Crippen LogP contribution in [0, 0.1) is 0 Å². The van der Waals surface area contributed by atoms with Gasteiger partial charge >= 0.3 is 0 Å². The van der Waals surface area contributed by atoms with Gasteiger partial charge in [-0.25, -0.2) is 13.1 Å². The van der Waals surface area contributed by atoms with Gasteiger partial charge in [0.2, 0.25) is 21.8 Å². The van der Waals surface area contributed by atoms with E-state index in [2.05, 4.69) is 10.0 Å². The molecule has 168 valence electrons. The number of hydrogen-bond donors (Lipinski definition) is 2. The number of rotatable bonds is 11. The molecule has 0 aliphatic carbocycles. The Kier molecular flexibility index (Phi) is 9.25. The first-order chi connectivity index (χ1) is 14.3. The van der Waals surface area contributed by atoms with E-state index in [0.717, 1.165) is 0 Å². The van der Waals surface area contributed by atoms with E-state index in [4.69, 9.17) is 9.47 Å². The Morgan fingerprint density at radius 3 is 2.53 bits per heavy atom. The van der Waals surface area contributed by atoms with Crippen molar-refractivity contribution in [2.45, 2.75) is 26.3 Å². The maximum Gasteiger partial charge on any atom is 0.243 e. The minimum atomic E-state index is -3.55. The number of sulfonamides is 1. The highest BCUT2D eigenvalue weighted by Gasteiger charge is 2.28. The topological polar surface area (TPSA) is 114 Å². The smallest absolute Gasteiger partial charge is 0.243 e. The summed E-state index contributed by atoms with van der Waals surface area (Å²) >= 11 is 1.52. The third-order valence-electron chi connectivity index (χ3n) is 4.46. The molecule has 0 bridgehead atoms. The minimum Gasteiger partial charge on any atom is -0.486 e. The second kappa shape index (κ2) is 11.4. The van der Waals surface area contributed by atoms with Crippen LogP contribution in [0.5, 0.6) is 11.5 Å². The summed E-state index contributed by atoms with van der Waals surface area (Å²) in [6.45, 7) is 4.26. The molecule has 9 nitrogen and oxygen atoms in total. The van der Waals surface area contributed by atoms with Crippen LogP contribution in [0.3, 0.4) is 0 Å². The Labute approximate surface area is 181 Å². The number of carbonyl (C=O) groups excluding carboxylic acids is 2. The highest BCUT2D eigenvalue weighted by molar-refractivity contribution is 7.98. The van der Waals surface area contributed by atoms with Crippen molar-refractivity contribution in [3.8, 4) is 11.5 Å². The van der Waals surface area contributed by atoms with Gasteiger partial charge < -0.3 is 19.7 Å². The Balaban J connectivity index is 2.03. The predicted molar refractivity (Wildman–Crippen MR) is 118 cm³/mol. The highest BCUT2D eigenvalue weighted by Crippen LogP contribution is 2.32. The molecule has 2 N–H and O–H groups in total. The number of nitrogens with one attached hydrogen (secondary N) is 2. The van der Waals surface area contributed by atoms with Crippen LogP contribution in [0.4, 0.5) is 5.69 Å². The van der Waals surface area contributed by atoms with Crippen molar-refractivity contribution < 1.29 is 27.5 Å². The van der Waals surface area contributed by atoms with Crippen LogP contribution in [-0.2, 0) is 19.6 Å². The summed E-state index contributed by atoms with van der Waals surface area (Å²) in [5.74, 6) is 0.860. The second-order valence-corrected chi connectivity index (χ2v) is 9.64. The Hall–Kier alpha value is -1.98. The van der Waals surface area contributed by atoms with Crippen molar-refractivity contribution in [3.63, 3.8) is 0 Å². The first-order valence-corrected chi connectivity index (χ1v) is 12.8. The number of anilines is 1. The van der Waals surface area contributed by atoms with Gasteiger partial charge in [-0.3, -0.25) is 9.59 Å². The van der Waals surface area contributed by atoms with E-state index < -0.39 is 22.0 Å². The normalized spacial score (nSPS) is 14.1. The number of hydrogen-bond acceptors (Lipinski definition) is 7. The summed E-state index contributed by atoms with van der Waals surface area (Å²) < 4.78 is 37.4. The fourth-order valence-corrected chi connectivity index (χ4v) is 4.12. The molecule has 2 amide bonds. The molecular formula is C19H29N3O6S2. The monoisotopic (exact) mass is 459 g/mol. The molecule has 0 saturated heterocycles. The van der Waals surface area contributed by atoms with Crippen LogP contribution in [0.25, 0.3) is 0 Å². The maximum absolute atomic E-state index is 12.9. The molecule has 0 radical (unpaired) electrons. The van der Waals surface area contributed by atoms with Gasteiger partial charge in [-0.1, -0.05) is 0 Å². The summed E-state index contributed by atoms with van der Waals surface area (Å²) in [7, 11) is -3.55. The van der Waals surface area contributed by atoms with Gasteiger partial charge in [-0.05, 0) is 44.4 Å². The van der Waals surface area contributed by atoms with Crippen molar-refractivity contribution in [1.29, 1.82) is 0 Å². The molecule has 0 saturated carbocycles. The Bertz CT molecular complexity index is 847. The number of amides is 2.